The van der Waals surface area contributed by atoms with E-state index < -0.39 is 0 Å². The second-order valence-electron chi connectivity index (χ2n) is 10.8. The summed E-state index contributed by atoms with van der Waals surface area (Å²) in [6, 6.07) is 12.5. The zero-order valence-electron chi connectivity index (χ0n) is 23.3. The average molecular weight is 535 g/mol. The predicted molar refractivity (Wildman–Crippen MR) is 158 cm³/mol. The van der Waals surface area contributed by atoms with Crippen LogP contribution in [0.15, 0.2) is 46.3 Å². The number of aliphatic imine (C=N–C) groups is 1. The SMILES string of the molecule is CCN1C(=O)/C(=C\c2cc3c(cc2OC)N(C)C(C)(C)CC3C)SC1=Nc1ccc(N2CCOCC2)cc1. The Balaban J connectivity index is 1.43. The molecule has 0 saturated carbocycles. The Morgan fingerprint density at radius 1 is 1.18 bits per heavy atom. The van der Waals surface area contributed by atoms with Crippen LogP contribution in [-0.4, -0.2) is 68.5 Å². The fourth-order valence-electron chi connectivity index (χ4n) is 5.58. The highest BCUT2D eigenvalue weighted by molar-refractivity contribution is 8.18. The quantitative estimate of drug-likeness (QED) is 0.447. The molecule has 0 aliphatic carbocycles. The number of hydrogen-bond donors (Lipinski definition) is 0. The molecule has 0 N–H and O–H groups in total. The maximum atomic E-state index is 13.4. The number of amidine groups is 1. The van der Waals surface area contributed by atoms with Gasteiger partial charge in [-0.2, -0.15) is 0 Å². The Bertz CT molecular complexity index is 1270. The molecule has 0 aromatic heterocycles. The molecule has 0 spiro atoms. The van der Waals surface area contributed by atoms with Crippen molar-refractivity contribution in [3.05, 3.63) is 52.4 Å². The number of benzene rings is 2. The van der Waals surface area contributed by atoms with Gasteiger partial charge in [0.05, 0.1) is 30.9 Å². The number of nitrogens with zero attached hydrogens (tertiary/aromatic N) is 4. The Labute approximate surface area is 230 Å². The predicted octanol–water partition coefficient (Wildman–Crippen LogP) is 5.88. The molecule has 2 aromatic rings. The molecule has 2 saturated heterocycles. The van der Waals surface area contributed by atoms with Gasteiger partial charge >= 0.3 is 0 Å². The van der Waals surface area contributed by atoms with E-state index in [1.54, 1.807) is 12.0 Å². The van der Waals surface area contributed by atoms with Gasteiger partial charge in [0.25, 0.3) is 5.91 Å². The Kier molecular flexibility index (Phi) is 7.47. The number of methoxy groups -OCH3 is 1. The zero-order valence-corrected chi connectivity index (χ0v) is 24.1. The van der Waals surface area contributed by atoms with E-state index >= 15 is 0 Å². The number of carbonyl (C=O) groups is 1. The Morgan fingerprint density at radius 2 is 1.89 bits per heavy atom. The molecule has 8 heteroatoms. The third-order valence-electron chi connectivity index (χ3n) is 7.93. The smallest absolute Gasteiger partial charge is 0.266 e. The van der Waals surface area contributed by atoms with Gasteiger partial charge < -0.3 is 19.3 Å². The number of anilines is 2. The molecule has 38 heavy (non-hydrogen) atoms. The minimum Gasteiger partial charge on any atom is -0.496 e. The summed E-state index contributed by atoms with van der Waals surface area (Å²) in [5, 5.41) is 0.703. The second-order valence-corrected chi connectivity index (χ2v) is 11.8. The highest BCUT2D eigenvalue weighted by Crippen LogP contribution is 2.46. The molecule has 202 valence electrons. The minimum absolute atomic E-state index is 0.0211. The molecule has 1 amide bonds. The topological polar surface area (TPSA) is 57.6 Å². The molecular weight excluding hydrogens is 496 g/mol. The summed E-state index contributed by atoms with van der Waals surface area (Å²) in [4.78, 5) is 25.3. The van der Waals surface area contributed by atoms with Gasteiger partial charge in [0, 0.05) is 55.2 Å². The molecule has 0 radical (unpaired) electrons. The van der Waals surface area contributed by atoms with E-state index in [2.05, 4.69) is 61.9 Å². The van der Waals surface area contributed by atoms with E-state index in [1.165, 1.54) is 28.7 Å². The van der Waals surface area contributed by atoms with Gasteiger partial charge in [-0.3, -0.25) is 9.69 Å². The molecule has 7 nitrogen and oxygen atoms in total. The van der Waals surface area contributed by atoms with Gasteiger partial charge in [-0.1, -0.05) is 6.92 Å². The molecule has 1 unspecified atom stereocenters. The van der Waals surface area contributed by atoms with Gasteiger partial charge in [-0.25, -0.2) is 4.99 Å². The van der Waals surface area contributed by atoms with Crippen LogP contribution in [0, 0.1) is 0 Å². The van der Waals surface area contributed by atoms with E-state index in [9.17, 15) is 4.79 Å². The van der Waals surface area contributed by atoms with E-state index in [1.807, 2.05) is 25.1 Å². The molecule has 3 aliphatic rings. The summed E-state index contributed by atoms with van der Waals surface area (Å²) >= 11 is 1.43. The van der Waals surface area contributed by atoms with Crippen molar-refractivity contribution in [1.29, 1.82) is 0 Å². The van der Waals surface area contributed by atoms with Crippen LogP contribution in [0.2, 0.25) is 0 Å². The molecule has 5 rings (SSSR count). The number of hydrogen-bond acceptors (Lipinski definition) is 7. The normalized spacial score (nSPS) is 23.4. The molecule has 3 heterocycles. The first-order valence-corrected chi connectivity index (χ1v) is 14.2. The Morgan fingerprint density at radius 3 is 2.55 bits per heavy atom. The maximum absolute atomic E-state index is 13.4. The van der Waals surface area contributed by atoms with Gasteiger partial charge in [0.2, 0.25) is 0 Å². The first kappa shape index (κ1) is 26.6. The number of amides is 1. The summed E-state index contributed by atoms with van der Waals surface area (Å²) in [5.41, 5.74) is 5.48. The van der Waals surface area contributed by atoms with Crippen LogP contribution in [0.4, 0.5) is 17.1 Å². The van der Waals surface area contributed by atoms with Crippen molar-refractivity contribution in [3.8, 4) is 5.75 Å². The van der Waals surface area contributed by atoms with Crippen molar-refractivity contribution in [2.24, 2.45) is 4.99 Å². The lowest BCUT2D eigenvalue weighted by Gasteiger charge is -2.45. The largest absolute Gasteiger partial charge is 0.496 e. The van der Waals surface area contributed by atoms with Gasteiger partial charge in [0.15, 0.2) is 5.17 Å². The van der Waals surface area contributed by atoms with Crippen molar-refractivity contribution >= 4 is 46.0 Å². The van der Waals surface area contributed by atoms with Crippen LogP contribution in [-0.2, 0) is 9.53 Å². The number of likely N-dealkylation sites (N-methyl/N-ethyl adjacent to an activating group) is 1. The average Bonchev–Trinajstić information content (AvgIpc) is 3.21. The van der Waals surface area contributed by atoms with Crippen molar-refractivity contribution in [2.75, 3.05) is 56.8 Å². The van der Waals surface area contributed by atoms with E-state index in [0.29, 0.717) is 22.5 Å². The molecule has 3 aliphatic heterocycles. The molecule has 0 bridgehead atoms. The van der Waals surface area contributed by atoms with Crippen LogP contribution in [0.5, 0.6) is 5.75 Å². The van der Waals surface area contributed by atoms with Crippen LogP contribution in [0.25, 0.3) is 6.08 Å². The molecular formula is C30H38N4O3S. The number of ether oxygens (including phenoxy) is 2. The summed E-state index contributed by atoms with van der Waals surface area (Å²) in [6.07, 6.45) is 3.03. The van der Waals surface area contributed by atoms with Gasteiger partial charge in [-0.05, 0) is 86.8 Å². The number of morpholine rings is 1. The monoisotopic (exact) mass is 534 g/mol. The first-order chi connectivity index (χ1) is 18.2. The highest BCUT2D eigenvalue weighted by Gasteiger charge is 2.36. The fourth-order valence-corrected chi connectivity index (χ4v) is 6.64. The number of rotatable bonds is 5. The van der Waals surface area contributed by atoms with Crippen LogP contribution < -0.4 is 14.5 Å². The van der Waals surface area contributed by atoms with E-state index in [-0.39, 0.29) is 11.4 Å². The lowest BCUT2D eigenvalue weighted by atomic mass is 9.80. The van der Waals surface area contributed by atoms with Crippen molar-refractivity contribution in [1.82, 2.24) is 4.90 Å². The number of fused-ring (bicyclic) bond motifs is 1. The van der Waals surface area contributed by atoms with Crippen molar-refractivity contribution in [3.63, 3.8) is 0 Å². The zero-order chi connectivity index (χ0) is 27.0. The minimum atomic E-state index is -0.0211. The molecule has 1 atom stereocenters. The summed E-state index contributed by atoms with van der Waals surface area (Å²) in [7, 11) is 3.84. The summed E-state index contributed by atoms with van der Waals surface area (Å²) in [5.74, 6) is 1.16. The third-order valence-corrected chi connectivity index (χ3v) is 8.93. The lowest BCUT2D eigenvalue weighted by molar-refractivity contribution is -0.122. The highest BCUT2D eigenvalue weighted by atomic mass is 32.2. The standard InChI is InChI=1S/C30H38N4O3S/c1-7-34-28(35)27(38-29(34)31-22-8-10-23(11-9-22)33-12-14-37-15-13-33)17-21-16-24-20(2)19-30(3,4)32(5)25(24)18-26(21)36-6/h8-11,16-18,20H,7,12-15,19H2,1-6H3/b27-17+,31-29?. The van der Waals surface area contributed by atoms with Crippen molar-refractivity contribution < 1.29 is 14.3 Å². The van der Waals surface area contributed by atoms with Crippen LogP contribution >= 0.6 is 11.8 Å². The van der Waals surface area contributed by atoms with E-state index in [4.69, 9.17) is 14.5 Å². The van der Waals surface area contributed by atoms with E-state index in [0.717, 1.165) is 49.7 Å². The second kappa shape index (κ2) is 10.7. The van der Waals surface area contributed by atoms with Crippen LogP contribution in [0.3, 0.4) is 0 Å². The number of carbonyl (C=O) groups excluding carboxylic acids is 1. The molecule has 2 fully saturated rings. The van der Waals surface area contributed by atoms with Gasteiger partial charge in [-0.15, -0.1) is 0 Å². The third kappa shape index (κ3) is 5.04. The molecule has 2 aromatic carbocycles. The van der Waals surface area contributed by atoms with Crippen LogP contribution in [0.1, 0.15) is 51.2 Å². The summed E-state index contributed by atoms with van der Waals surface area (Å²) < 4.78 is 11.3. The fraction of sp³-hybridized carbons (Fsp3) is 0.467. The first-order valence-electron chi connectivity index (χ1n) is 13.4. The summed E-state index contributed by atoms with van der Waals surface area (Å²) in [6.45, 7) is 12.7. The lowest BCUT2D eigenvalue weighted by Crippen LogP contribution is -2.45. The van der Waals surface area contributed by atoms with Crippen molar-refractivity contribution in [2.45, 2.75) is 45.6 Å². The van der Waals surface area contributed by atoms with Gasteiger partial charge in [0.1, 0.15) is 5.75 Å². The maximum Gasteiger partial charge on any atom is 0.266 e. The number of thioether (sulfide) groups is 1. The Hall–Kier alpha value is -2.97.